The molecule has 0 saturated carbocycles. The molecule has 1 saturated heterocycles. The Balaban J connectivity index is 1.55. The third-order valence-corrected chi connectivity index (χ3v) is 6.00. The van der Waals surface area contributed by atoms with Crippen LogP contribution in [0.25, 0.3) is 10.8 Å². The van der Waals surface area contributed by atoms with Crippen molar-refractivity contribution in [2.45, 2.75) is 12.1 Å². The van der Waals surface area contributed by atoms with Gasteiger partial charge in [0.15, 0.2) is 11.6 Å². The Morgan fingerprint density at radius 1 is 0.833 bits per heavy atom. The van der Waals surface area contributed by atoms with Crippen molar-refractivity contribution in [3.8, 4) is 0 Å². The second-order valence-electron chi connectivity index (χ2n) is 7.68. The highest BCUT2D eigenvalue weighted by Crippen LogP contribution is 2.45. The number of hydrogen-bond acceptors (Lipinski definition) is 3. The van der Waals surface area contributed by atoms with Crippen molar-refractivity contribution in [2.24, 2.45) is 5.92 Å². The van der Waals surface area contributed by atoms with Crippen LogP contribution >= 0.6 is 0 Å². The Labute approximate surface area is 174 Å². The number of hydrogen-bond donors (Lipinski definition) is 0. The maximum atomic E-state index is 13.2. The molecule has 1 aliphatic heterocycles. The van der Waals surface area contributed by atoms with Gasteiger partial charge in [-0.15, -0.1) is 0 Å². The Morgan fingerprint density at radius 3 is 2.27 bits per heavy atom. The van der Waals surface area contributed by atoms with E-state index >= 15 is 0 Å². The summed E-state index contributed by atoms with van der Waals surface area (Å²) in [4.78, 5) is 39.9. The molecular formula is C26H19NO3. The summed E-state index contributed by atoms with van der Waals surface area (Å²) in [5.74, 6) is -1.45. The van der Waals surface area contributed by atoms with Crippen LogP contribution in [0.15, 0.2) is 97.1 Å². The molecule has 1 heterocycles. The van der Waals surface area contributed by atoms with E-state index in [4.69, 9.17) is 0 Å². The van der Waals surface area contributed by atoms with Crippen molar-refractivity contribution in [3.05, 3.63) is 108 Å². The molecule has 146 valence electrons. The molecular weight excluding hydrogens is 374 g/mol. The van der Waals surface area contributed by atoms with E-state index in [0.29, 0.717) is 12.1 Å². The molecule has 1 atom stereocenters. The molecule has 1 fully saturated rings. The summed E-state index contributed by atoms with van der Waals surface area (Å²) in [7, 11) is 0. The normalized spacial score (nSPS) is 19.3. The van der Waals surface area contributed by atoms with Gasteiger partial charge in [-0.25, -0.2) is 0 Å². The number of amides is 1. The van der Waals surface area contributed by atoms with E-state index in [1.807, 2.05) is 48.5 Å². The number of carbonyl (C=O) groups excluding carboxylic acids is 3. The lowest BCUT2D eigenvalue weighted by Gasteiger charge is -2.54. The fourth-order valence-electron chi connectivity index (χ4n) is 4.46. The monoisotopic (exact) mass is 393 g/mol. The third-order valence-electron chi connectivity index (χ3n) is 6.00. The molecule has 30 heavy (non-hydrogen) atoms. The number of benzene rings is 3. The minimum atomic E-state index is -0.922. The zero-order chi connectivity index (χ0) is 20.7. The highest BCUT2D eigenvalue weighted by Gasteiger charge is 2.61. The van der Waals surface area contributed by atoms with Gasteiger partial charge in [0, 0.05) is 12.1 Å². The van der Waals surface area contributed by atoms with Crippen LogP contribution in [0.1, 0.15) is 15.9 Å². The molecule has 0 N–H and O–H groups in total. The fraction of sp³-hybridized carbons (Fsp3) is 0.115. The molecule has 1 amide bonds. The van der Waals surface area contributed by atoms with Gasteiger partial charge in [0.05, 0.1) is 5.54 Å². The average molecular weight is 393 g/mol. The zero-order valence-corrected chi connectivity index (χ0v) is 16.2. The van der Waals surface area contributed by atoms with Gasteiger partial charge < -0.3 is 4.90 Å². The predicted molar refractivity (Wildman–Crippen MR) is 115 cm³/mol. The van der Waals surface area contributed by atoms with Gasteiger partial charge in [0.1, 0.15) is 5.92 Å². The summed E-state index contributed by atoms with van der Waals surface area (Å²) in [6.07, 6.45) is 6.31. The Hall–Kier alpha value is -3.79. The quantitative estimate of drug-likeness (QED) is 0.381. The highest BCUT2D eigenvalue weighted by atomic mass is 16.2. The van der Waals surface area contributed by atoms with Crippen molar-refractivity contribution in [1.82, 2.24) is 4.90 Å². The summed E-state index contributed by atoms with van der Waals surface area (Å²) >= 11 is 0. The minimum Gasteiger partial charge on any atom is -0.324 e. The second kappa shape index (κ2) is 6.92. The molecule has 0 radical (unpaired) electrons. The Kier molecular flexibility index (Phi) is 4.21. The molecule has 4 heteroatoms. The van der Waals surface area contributed by atoms with Crippen LogP contribution in [-0.4, -0.2) is 27.9 Å². The lowest BCUT2D eigenvalue weighted by molar-refractivity contribution is -0.157. The number of rotatable bonds is 4. The molecule has 1 spiro atoms. The van der Waals surface area contributed by atoms with E-state index < -0.39 is 11.5 Å². The highest BCUT2D eigenvalue weighted by molar-refractivity contribution is 6.16. The van der Waals surface area contributed by atoms with Crippen LogP contribution in [0.4, 0.5) is 0 Å². The number of ketones is 2. The van der Waals surface area contributed by atoms with Crippen molar-refractivity contribution < 1.29 is 14.4 Å². The van der Waals surface area contributed by atoms with Crippen LogP contribution in [0.3, 0.4) is 0 Å². The number of likely N-dealkylation sites (tertiary alicyclic amines) is 1. The average Bonchev–Trinajstić information content (AvgIpc) is 2.79. The summed E-state index contributed by atoms with van der Waals surface area (Å²) in [6, 6.07) is 22.9. The summed E-state index contributed by atoms with van der Waals surface area (Å²) in [5.41, 5.74) is 0.582. The predicted octanol–water partition coefficient (Wildman–Crippen LogP) is 4.12. The minimum absolute atomic E-state index is 0.143. The number of allylic oxidation sites excluding steroid dienone is 2. The van der Waals surface area contributed by atoms with E-state index in [9.17, 15) is 14.4 Å². The van der Waals surface area contributed by atoms with E-state index in [2.05, 4.69) is 0 Å². The summed E-state index contributed by atoms with van der Waals surface area (Å²) in [5, 5.41) is 2.17. The third kappa shape index (κ3) is 2.72. The van der Waals surface area contributed by atoms with E-state index in [0.717, 1.165) is 16.3 Å². The van der Waals surface area contributed by atoms with E-state index in [-0.39, 0.29) is 17.5 Å². The van der Waals surface area contributed by atoms with Gasteiger partial charge in [-0.05, 0) is 40.6 Å². The van der Waals surface area contributed by atoms with E-state index in [1.165, 1.54) is 12.2 Å². The van der Waals surface area contributed by atoms with Crippen molar-refractivity contribution >= 4 is 28.2 Å². The largest absolute Gasteiger partial charge is 0.324 e. The zero-order valence-electron chi connectivity index (χ0n) is 16.2. The summed E-state index contributed by atoms with van der Waals surface area (Å²) in [6.45, 7) is 0.363. The van der Waals surface area contributed by atoms with Crippen molar-refractivity contribution in [3.63, 3.8) is 0 Å². The topological polar surface area (TPSA) is 54.5 Å². The number of Topliss-reactive ketones (excluding diaryl/α,β-unsaturated/α-hetero) is 1. The van der Waals surface area contributed by atoms with Crippen LogP contribution in [0, 0.1) is 5.92 Å². The van der Waals surface area contributed by atoms with Gasteiger partial charge in [-0.2, -0.15) is 0 Å². The van der Waals surface area contributed by atoms with Gasteiger partial charge in [0.25, 0.3) is 0 Å². The van der Waals surface area contributed by atoms with Crippen LogP contribution in [-0.2, 0) is 16.1 Å². The molecule has 1 aliphatic carbocycles. The Bertz CT molecular complexity index is 1220. The van der Waals surface area contributed by atoms with Crippen molar-refractivity contribution in [2.75, 3.05) is 0 Å². The first kappa shape index (κ1) is 18.3. The standard InChI is InChI=1S/C26H19NO3/c28-21-13-15-26(16-14-21)23(24(29)19-8-2-1-3-9-19)25(30)27(26)17-20-11-6-10-18-7-4-5-12-22(18)20/h1-16,23H,17H2/t23-/m0/s1. The SMILES string of the molecule is O=C1C=CC2(C=C1)[C@@H](C(=O)c1ccccc1)C(=O)N2Cc1cccc2ccccc12. The molecule has 3 aromatic carbocycles. The number of carbonyl (C=O) groups is 3. The molecule has 0 bridgehead atoms. The molecule has 3 aromatic rings. The van der Waals surface area contributed by atoms with Gasteiger partial charge >= 0.3 is 0 Å². The Morgan fingerprint density at radius 2 is 1.50 bits per heavy atom. The van der Waals surface area contributed by atoms with Gasteiger partial charge in [-0.1, -0.05) is 72.8 Å². The van der Waals surface area contributed by atoms with E-state index in [1.54, 1.807) is 41.3 Å². The molecule has 0 aromatic heterocycles. The van der Waals surface area contributed by atoms with Gasteiger partial charge in [-0.3, -0.25) is 14.4 Å². The molecule has 5 rings (SSSR count). The molecule has 2 aliphatic rings. The first-order chi connectivity index (χ1) is 14.6. The van der Waals surface area contributed by atoms with Crippen LogP contribution in [0.2, 0.25) is 0 Å². The smallest absolute Gasteiger partial charge is 0.237 e. The number of fused-ring (bicyclic) bond motifs is 1. The first-order valence-electron chi connectivity index (χ1n) is 9.90. The lowest BCUT2D eigenvalue weighted by atomic mass is 9.67. The number of nitrogens with zero attached hydrogens (tertiary/aromatic N) is 1. The maximum Gasteiger partial charge on any atom is 0.237 e. The lowest BCUT2D eigenvalue weighted by Crippen LogP contribution is -2.71. The molecule has 0 unspecified atom stereocenters. The fourth-order valence-corrected chi connectivity index (χ4v) is 4.46. The first-order valence-corrected chi connectivity index (χ1v) is 9.90. The second-order valence-corrected chi connectivity index (χ2v) is 7.68. The van der Waals surface area contributed by atoms with Crippen LogP contribution < -0.4 is 0 Å². The van der Waals surface area contributed by atoms with Gasteiger partial charge in [0.2, 0.25) is 5.91 Å². The van der Waals surface area contributed by atoms with Crippen LogP contribution in [0.5, 0.6) is 0 Å². The molecule has 4 nitrogen and oxygen atoms in total. The number of β-lactam (4-membered cyclic amide) rings is 1. The van der Waals surface area contributed by atoms with Crippen molar-refractivity contribution in [1.29, 1.82) is 0 Å². The maximum absolute atomic E-state index is 13.2. The summed E-state index contributed by atoms with van der Waals surface area (Å²) < 4.78 is 0.